The van der Waals surface area contributed by atoms with E-state index in [4.69, 9.17) is 5.73 Å². The first-order valence-electron chi connectivity index (χ1n) is 6.77. The maximum Gasteiger partial charge on any atom is 0.271 e. The lowest BCUT2D eigenvalue weighted by Gasteiger charge is -2.06. The van der Waals surface area contributed by atoms with Crippen molar-refractivity contribution in [2.45, 2.75) is 6.42 Å². The van der Waals surface area contributed by atoms with E-state index in [1.165, 1.54) is 5.56 Å². The first-order chi connectivity index (χ1) is 10.3. The minimum Gasteiger partial charge on any atom is -0.350 e. The molecule has 4 nitrogen and oxygen atoms in total. The lowest BCUT2D eigenvalue weighted by atomic mass is 10.1. The number of hydrogen-bond acceptors (Lipinski definition) is 3. The number of benzene rings is 1. The van der Waals surface area contributed by atoms with Crippen molar-refractivity contribution >= 4 is 5.91 Å². The minimum atomic E-state index is -0.215. The smallest absolute Gasteiger partial charge is 0.271 e. The van der Waals surface area contributed by atoms with Gasteiger partial charge in [-0.15, -0.1) is 0 Å². The van der Waals surface area contributed by atoms with Gasteiger partial charge in [-0.05, 0) is 24.1 Å². The summed E-state index contributed by atoms with van der Waals surface area (Å²) >= 11 is 0. The highest BCUT2D eigenvalue weighted by Crippen LogP contribution is 2.04. The topological polar surface area (TPSA) is 68.0 Å². The van der Waals surface area contributed by atoms with Crippen LogP contribution in [0.3, 0.4) is 0 Å². The lowest BCUT2D eigenvalue weighted by molar-refractivity contribution is 0.0949. The van der Waals surface area contributed by atoms with Gasteiger partial charge in [0.25, 0.3) is 5.91 Å². The van der Waals surface area contributed by atoms with Crippen molar-refractivity contribution in [3.63, 3.8) is 0 Å². The predicted octanol–water partition coefficient (Wildman–Crippen LogP) is 1.36. The van der Waals surface area contributed by atoms with Crippen LogP contribution in [0.2, 0.25) is 0 Å². The number of carbonyl (C=O) groups excluding carboxylic acids is 1. The lowest BCUT2D eigenvalue weighted by Crippen LogP contribution is -2.27. The molecule has 1 amide bonds. The number of amides is 1. The highest BCUT2D eigenvalue weighted by atomic mass is 16.1. The van der Waals surface area contributed by atoms with Crippen LogP contribution in [0.15, 0.2) is 48.7 Å². The molecule has 0 radical (unpaired) electrons. The average Bonchev–Trinajstić information content (AvgIpc) is 2.54. The molecule has 106 valence electrons. The fourth-order valence-corrected chi connectivity index (χ4v) is 1.88. The van der Waals surface area contributed by atoms with Crippen LogP contribution in [0.4, 0.5) is 0 Å². The zero-order chi connectivity index (χ0) is 14.9. The summed E-state index contributed by atoms with van der Waals surface area (Å²) in [6.45, 7) is 0.813. The van der Waals surface area contributed by atoms with Crippen LogP contribution in [-0.4, -0.2) is 24.0 Å². The molecule has 1 aromatic heterocycles. The van der Waals surface area contributed by atoms with Crippen molar-refractivity contribution < 1.29 is 4.79 Å². The van der Waals surface area contributed by atoms with Crippen LogP contribution < -0.4 is 11.1 Å². The standard InChI is InChI=1S/C17H17N3O/c18-11-4-8-15-9-5-12-19-16(15)17(21)20-13-10-14-6-2-1-3-7-14/h1-3,5-7,9,12H,10-11,13,18H2,(H,20,21). The van der Waals surface area contributed by atoms with Gasteiger partial charge in [-0.3, -0.25) is 4.79 Å². The van der Waals surface area contributed by atoms with Gasteiger partial charge in [-0.2, -0.15) is 0 Å². The van der Waals surface area contributed by atoms with E-state index in [1.807, 2.05) is 30.3 Å². The Morgan fingerprint density at radius 2 is 2.00 bits per heavy atom. The summed E-state index contributed by atoms with van der Waals surface area (Å²) in [6.07, 6.45) is 2.36. The molecule has 0 fully saturated rings. The highest BCUT2D eigenvalue weighted by molar-refractivity contribution is 5.94. The van der Waals surface area contributed by atoms with Crippen LogP contribution in [-0.2, 0) is 6.42 Å². The van der Waals surface area contributed by atoms with Crippen LogP contribution in [0.5, 0.6) is 0 Å². The third-order valence-electron chi connectivity index (χ3n) is 2.89. The summed E-state index contributed by atoms with van der Waals surface area (Å²) in [7, 11) is 0. The molecule has 4 heteroatoms. The van der Waals surface area contributed by atoms with E-state index in [-0.39, 0.29) is 12.5 Å². The molecular weight excluding hydrogens is 262 g/mol. The van der Waals surface area contributed by atoms with E-state index < -0.39 is 0 Å². The first-order valence-corrected chi connectivity index (χ1v) is 6.77. The predicted molar refractivity (Wildman–Crippen MR) is 82.6 cm³/mol. The molecule has 0 aliphatic rings. The molecule has 0 aliphatic carbocycles. The van der Waals surface area contributed by atoms with Crippen molar-refractivity contribution in [1.29, 1.82) is 0 Å². The third kappa shape index (κ3) is 4.44. The number of nitrogens with zero attached hydrogens (tertiary/aromatic N) is 1. The van der Waals surface area contributed by atoms with Gasteiger partial charge in [0.05, 0.1) is 12.1 Å². The number of pyridine rings is 1. The molecule has 1 heterocycles. The molecule has 1 aromatic carbocycles. The second-order valence-electron chi connectivity index (χ2n) is 4.40. The molecule has 0 saturated carbocycles. The average molecular weight is 279 g/mol. The normalized spacial score (nSPS) is 9.57. The maximum atomic E-state index is 12.1. The Labute approximate surface area is 124 Å². The minimum absolute atomic E-state index is 0.215. The van der Waals surface area contributed by atoms with Crippen molar-refractivity contribution in [2.24, 2.45) is 5.73 Å². The molecule has 0 bridgehead atoms. The number of carbonyl (C=O) groups is 1. The van der Waals surface area contributed by atoms with Crippen LogP contribution >= 0.6 is 0 Å². The third-order valence-corrected chi connectivity index (χ3v) is 2.89. The Kier molecular flexibility index (Phi) is 5.50. The molecule has 2 rings (SSSR count). The van der Waals surface area contributed by atoms with E-state index in [0.717, 1.165) is 6.42 Å². The summed E-state index contributed by atoms with van der Waals surface area (Å²) in [4.78, 5) is 16.2. The summed E-state index contributed by atoms with van der Waals surface area (Å²) in [5.74, 6) is 5.39. The van der Waals surface area contributed by atoms with Gasteiger partial charge in [0.2, 0.25) is 0 Å². The van der Waals surface area contributed by atoms with E-state index >= 15 is 0 Å². The summed E-state index contributed by atoms with van der Waals surface area (Å²) in [5, 5.41) is 2.86. The first kappa shape index (κ1) is 14.8. The van der Waals surface area contributed by atoms with Gasteiger partial charge in [0.1, 0.15) is 5.69 Å². The van der Waals surface area contributed by atoms with Gasteiger partial charge < -0.3 is 11.1 Å². The van der Waals surface area contributed by atoms with E-state index in [1.54, 1.807) is 18.3 Å². The van der Waals surface area contributed by atoms with Crippen molar-refractivity contribution in [3.8, 4) is 11.8 Å². The molecule has 0 saturated heterocycles. The Morgan fingerprint density at radius 1 is 1.19 bits per heavy atom. The van der Waals surface area contributed by atoms with Gasteiger partial charge >= 0.3 is 0 Å². The van der Waals surface area contributed by atoms with Crippen LogP contribution in [0, 0.1) is 11.8 Å². The SMILES string of the molecule is NCC#Cc1cccnc1C(=O)NCCc1ccccc1. The molecule has 0 atom stereocenters. The van der Waals surface area contributed by atoms with E-state index in [2.05, 4.69) is 22.1 Å². The Balaban J connectivity index is 1.97. The van der Waals surface area contributed by atoms with E-state index in [9.17, 15) is 4.79 Å². The maximum absolute atomic E-state index is 12.1. The van der Waals surface area contributed by atoms with Crippen molar-refractivity contribution in [2.75, 3.05) is 13.1 Å². The molecule has 0 spiro atoms. The molecule has 2 aromatic rings. The monoisotopic (exact) mass is 279 g/mol. The van der Waals surface area contributed by atoms with Gasteiger partial charge in [0, 0.05) is 12.7 Å². The molecule has 0 aliphatic heterocycles. The Hall–Kier alpha value is -2.64. The zero-order valence-corrected chi connectivity index (χ0v) is 11.7. The molecule has 0 unspecified atom stereocenters. The van der Waals surface area contributed by atoms with Gasteiger partial charge in [0.15, 0.2) is 0 Å². The number of rotatable bonds is 4. The fraction of sp³-hybridized carbons (Fsp3) is 0.176. The quantitative estimate of drug-likeness (QED) is 0.830. The second kappa shape index (κ2) is 7.83. The summed E-state index contributed by atoms with van der Waals surface area (Å²) in [6, 6.07) is 13.5. The van der Waals surface area contributed by atoms with Gasteiger partial charge in [-0.1, -0.05) is 42.2 Å². The fourth-order valence-electron chi connectivity index (χ4n) is 1.88. The summed E-state index contributed by atoms with van der Waals surface area (Å²) < 4.78 is 0. The second-order valence-corrected chi connectivity index (χ2v) is 4.40. The van der Waals surface area contributed by atoms with Crippen LogP contribution in [0.1, 0.15) is 21.6 Å². The Morgan fingerprint density at radius 3 is 2.76 bits per heavy atom. The number of hydrogen-bond donors (Lipinski definition) is 2. The number of aromatic nitrogens is 1. The zero-order valence-electron chi connectivity index (χ0n) is 11.7. The Bertz CT molecular complexity index is 656. The summed E-state index contributed by atoms with van der Waals surface area (Å²) in [5.41, 5.74) is 7.47. The molecule has 21 heavy (non-hydrogen) atoms. The highest BCUT2D eigenvalue weighted by Gasteiger charge is 2.10. The number of nitrogens with two attached hydrogens (primary N) is 1. The molecule has 3 N–H and O–H groups in total. The van der Waals surface area contributed by atoms with Crippen molar-refractivity contribution in [1.82, 2.24) is 10.3 Å². The van der Waals surface area contributed by atoms with E-state index in [0.29, 0.717) is 17.8 Å². The number of nitrogens with one attached hydrogen (secondary N) is 1. The van der Waals surface area contributed by atoms with Crippen molar-refractivity contribution in [3.05, 3.63) is 65.5 Å². The van der Waals surface area contributed by atoms with Crippen LogP contribution in [0.25, 0.3) is 0 Å². The molecular formula is C17H17N3O. The largest absolute Gasteiger partial charge is 0.350 e. The van der Waals surface area contributed by atoms with Gasteiger partial charge in [-0.25, -0.2) is 4.98 Å².